The lowest BCUT2D eigenvalue weighted by atomic mass is 10.1. The Labute approximate surface area is 145 Å². The van der Waals surface area contributed by atoms with Crippen molar-refractivity contribution in [1.29, 1.82) is 0 Å². The lowest BCUT2D eigenvalue weighted by Gasteiger charge is -2.12. The van der Waals surface area contributed by atoms with Gasteiger partial charge in [-0.25, -0.2) is 0 Å². The number of rotatable bonds is 9. The van der Waals surface area contributed by atoms with E-state index in [0.717, 1.165) is 17.1 Å². The third kappa shape index (κ3) is 5.66. The molecule has 0 aromatic heterocycles. The Bertz CT molecular complexity index is 670. The van der Waals surface area contributed by atoms with Gasteiger partial charge >= 0.3 is 5.97 Å². The second-order valence-electron chi connectivity index (χ2n) is 5.02. The van der Waals surface area contributed by atoms with E-state index in [2.05, 4.69) is 0 Å². The Hall–Kier alpha value is -2.40. The maximum Gasteiger partial charge on any atom is 0.303 e. The number of carbonyl (C=O) groups is 1. The number of aliphatic carboxylic acids is 1. The smallest absolute Gasteiger partial charge is 0.303 e. The lowest BCUT2D eigenvalue weighted by molar-refractivity contribution is -0.136. The van der Waals surface area contributed by atoms with Crippen LogP contribution in [-0.4, -0.2) is 31.4 Å². The highest BCUT2D eigenvalue weighted by Gasteiger charge is 2.07. The van der Waals surface area contributed by atoms with Gasteiger partial charge in [-0.05, 0) is 54.4 Å². The van der Waals surface area contributed by atoms with Crippen LogP contribution in [0.25, 0.3) is 0 Å². The van der Waals surface area contributed by atoms with E-state index in [1.165, 1.54) is 0 Å². The quantitative estimate of drug-likeness (QED) is 0.696. The van der Waals surface area contributed by atoms with Crippen LogP contribution in [0.4, 0.5) is 0 Å². The molecule has 0 amide bonds. The van der Waals surface area contributed by atoms with E-state index in [0.29, 0.717) is 30.4 Å². The molecule has 0 saturated heterocycles. The summed E-state index contributed by atoms with van der Waals surface area (Å²) in [4.78, 5) is 10.7. The number of ether oxygens (including phenoxy) is 3. The van der Waals surface area contributed by atoms with Crippen molar-refractivity contribution in [3.8, 4) is 17.2 Å². The molecule has 2 aromatic carbocycles. The first-order valence-electron chi connectivity index (χ1n) is 7.48. The number of carboxylic acid groups (broad SMARTS) is 1. The molecule has 0 unspecified atom stereocenters. The van der Waals surface area contributed by atoms with Crippen LogP contribution in [0.5, 0.6) is 17.2 Å². The molecular weight excluding hydrogens is 332 g/mol. The van der Waals surface area contributed by atoms with Crippen molar-refractivity contribution in [2.24, 2.45) is 0 Å². The third-order valence-corrected chi connectivity index (χ3v) is 3.53. The highest BCUT2D eigenvalue weighted by Crippen LogP contribution is 2.24. The topological polar surface area (TPSA) is 65.0 Å². The van der Waals surface area contributed by atoms with Gasteiger partial charge in [-0.15, -0.1) is 0 Å². The Morgan fingerprint density at radius 1 is 1.04 bits per heavy atom. The van der Waals surface area contributed by atoms with Gasteiger partial charge in [0.15, 0.2) is 0 Å². The normalized spacial score (nSPS) is 10.2. The first kappa shape index (κ1) is 17.9. The molecule has 0 aliphatic heterocycles. The number of hydrogen-bond donors (Lipinski definition) is 1. The summed E-state index contributed by atoms with van der Waals surface area (Å²) in [5.74, 6) is 1.26. The van der Waals surface area contributed by atoms with Crippen LogP contribution in [0, 0.1) is 0 Å². The number of halogens is 1. The second-order valence-corrected chi connectivity index (χ2v) is 5.45. The molecule has 5 nitrogen and oxygen atoms in total. The van der Waals surface area contributed by atoms with Crippen LogP contribution in [0.3, 0.4) is 0 Å². The van der Waals surface area contributed by atoms with Crippen molar-refractivity contribution < 1.29 is 24.1 Å². The number of aryl methyl sites for hydroxylation is 1. The van der Waals surface area contributed by atoms with Crippen LogP contribution in [-0.2, 0) is 11.2 Å². The van der Waals surface area contributed by atoms with Gasteiger partial charge < -0.3 is 19.3 Å². The summed E-state index contributed by atoms with van der Waals surface area (Å²) in [6, 6.07) is 12.5. The standard InChI is InChI=1S/C18H19ClO5/c1-22-15-4-6-16(7-5-15)23-10-11-24-17-8-3-14(19)12-13(17)2-9-18(20)21/h3-8,12H,2,9-11H2,1H3,(H,20,21). The van der Waals surface area contributed by atoms with E-state index in [9.17, 15) is 4.79 Å². The molecule has 0 fully saturated rings. The van der Waals surface area contributed by atoms with Crippen LogP contribution in [0.15, 0.2) is 42.5 Å². The minimum absolute atomic E-state index is 0.0268. The summed E-state index contributed by atoms with van der Waals surface area (Å²) in [5.41, 5.74) is 0.773. The van der Waals surface area contributed by atoms with Crippen LogP contribution in [0.2, 0.25) is 5.02 Å². The molecular formula is C18H19ClO5. The van der Waals surface area contributed by atoms with E-state index in [1.54, 1.807) is 25.3 Å². The average Bonchev–Trinajstić information content (AvgIpc) is 2.58. The molecule has 2 rings (SSSR count). The van der Waals surface area contributed by atoms with Crippen molar-refractivity contribution >= 4 is 17.6 Å². The van der Waals surface area contributed by atoms with Crippen molar-refractivity contribution in [2.75, 3.05) is 20.3 Å². The largest absolute Gasteiger partial charge is 0.497 e. The molecule has 0 saturated carbocycles. The summed E-state index contributed by atoms with van der Waals surface area (Å²) >= 11 is 5.96. The van der Waals surface area contributed by atoms with Crippen LogP contribution < -0.4 is 14.2 Å². The van der Waals surface area contributed by atoms with Gasteiger partial charge in [-0.1, -0.05) is 11.6 Å². The highest BCUT2D eigenvalue weighted by molar-refractivity contribution is 6.30. The summed E-state index contributed by atoms with van der Waals surface area (Å²) in [7, 11) is 1.61. The summed E-state index contributed by atoms with van der Waals surface area (Å²) in [6.07, 6.45) is 0.392. The molecule has 0 spiro atoms. The first-order valence-corrected chi connectivity index (χ1v) is 7.86. The van der Waals surface area contributed by atoms with Gasteiger partial charge in [0.1, 0.15) is 30.5 Å². The lowest BCUT2D eigenvalue weighted by Crippen LogP contribution is -2.10. The molecule has 0 bridgehead atoms. The fourth-order valence-electron chi connectivity index (χ4n) is 2.11. The maximum absolute atomic E-state index is 10.7. The molecule has 0 aliphatic rings. The number of hydrogen-bond acceptors (Lipinski definition) is 4. The van der Waals surface area contributed by atoms with Gasteiger partial charge in [0.25, 0.3) is 0 Å². The number of benzene rings is 2. The van der Waals surface area contributed by atoms with Gasteiger partial charge in [0, 0.05) is 11.4 Å². The van der Waals surface area contributed by atoms with E-state index >= 15 is 0 Å². The van der Waals surface area contributed by atoms with Crippen molar-refractivity contribution in [3.05, 3.63) is 53.1 Å². The van der Waals surface area contributed by atoms with Gasteiger partial charge in [-0.2, -0.15) is 0 Å². The molecule has 128 valence electrons. The van der Waals surface area contributed by atoms with Crippen LogP contribution >= 0.6 is 11.6 Å². The van der Waals surface area contributed by atoms with E-state index in [-0.39, 0.29) is 6.42 Å². The molecule has 2 aromatic rings. The second kappa shape index (κ2) is 9.03. The molecule has 1 N–H and O–H groups in total. The zero-order valence-electron chi connectivity index (χ0n) is 13.3. The van der Waals surface area contributed by atoms with E-state index in [1.807, 2.05) is 24.3 Å². The Kier molecular flexibility index (Phi) is 6.75. The summed E-state index contributed by atoms with van der Waals surface area (Å²) < 4.78 is 16.4. The monoisotopic (exact) mass is 350 g/mol. The predicted molar refractivity (Wildman–Crippen MR) is 91.4 cm³/mol. The van der Waals surface area contributed by atoms with Gasteiger partial charge in [0.2, 0.25) is 0 Å². The Morgan fingerprint density at radius 2 is 1.71 bits per heavy atom. The van der Waals surface area contributed by atoms with Gasteiger partial charge in [0.05, 0.1) is 7.11 Å². The Balaban J connectivity index is 1.85. The van der Waals surface area contributed by atoms with Crippen LogP contribution in [0.1, 0.15) is 12.0 Å². The SMILES string of the molecule is COc1ccc(OCCOc2ccc(Cl)cc2CCC(=O)O)cc1. The van der Waals surface area contributed by atoms with Crippen molar-refractivity contribution in [3.63, 3.8) is 0 Å². The van der Waals surface area contributed by atoms with E-state index in [4.69, 9.17) is 30.9 Å². The fraction of sp³-hybridized carbons (Fsp3) is 0.278. The molecule has 0 aliphatic carbocycles. The highest BCUT2D eigenvalue weighted by atomic mass is 35.5. The minimum atomic E-state index is -0.858. The molecule has 0 atom stereocenters. The number of methoxy groups -OCH3 is 1. The summed E-state index contributed by atoms with van der Waals surface area (Å²) in [6.45, 7) is 0.709. The van der Waals surface area contributed by atoms with E-state index < -0.39 is 5.97 Å². The maximum atomic E-state index is 10.7. The average molecular weight is 351 g/mol. The number of carboxylic acids is 1. The fourth-order valence-corrected chi connectivity index (χ4v) is 2.30. The minimum Gasteiger partial charge on any atom is -0.497 e. The Morgan fingerprint density at radius 3 is 2.38 bits per heavy atom. The first-order chi connectivity index (χ1) is 11.6. The van der Waals surface area contributed by atoms with Gasteiger partial charge in [-0.3, -0.25) is 4.79 Å². The zero-order chi connectivity index (χ0) is 17.4. The molecule has 0 radical (unpaired) electrons. The molecule has 0 heterocycles. The molecule has 24 heavy (non-hydrogen) atoms. The molecule has 6 heteroatoms. The van der Waals surface area contributed by atoms with Crippen molar-refractivity contribution in [2.45, 2.75) is 12.8 Å². The third-order valence-electron chi connectivity index (χ3n) is 3.30. The van der Waals surface area contributed by atoms with Crippen molar-refractivity contribution in [1.82, 2.24) is 0 Å². The predicted octanol–water partition coefficient (Wildman–Crippen LogP) is 3.82. The summed E-state index contributed by atoms with van der Waals surface area (Å²) in [5, 5.41) is 9.36. The zero-order valence-corrected chi connectivity index (χ0v) is 14.1.